The summed E-state index contributed by atoms with van der Waals surface area (Å²) in [4.78, 5) is 9.14. The lowest BCUT2D eigenvalue weighted by Crippen LogP contribution is -2.34. The van der Waals surface area contributed by atoms with Crippen LogP contribution in [0.2, 0.25) is 0 Å². The summed E-state index contributed by atoms with van der Waals surface area (Å²) in [6.07, 6.45) is 13.6. The molecule has 0 saturated heterocycles. The van der Waals surface area contributed by atoms with Crippen molar-refractivity contribution in [3.63, 3.8) is 0 Å². The van der Waals surface area contributed by atoms with Crippen LogP contribution in [0.25, 0.3) is 5.57 Å². The number of allylic oxidation sites excluding steroid dienone is 7. The van der Waals surface area contributed by atoms with Crippen molar-refractivity contribution in [1.82, 2.24) is 15.3 Å². The maximum atomic E-state index is 11.7. The predicted molar refractivity (Wildman–Crippen MR) is 160 cm³/mol. The summed E-state index contributed by atoms with van der Waals surface area (Å²) in [6.45, 7) is 14.6. The van der Waals surface area contributed by atoms with Crippen LogP contribution in [0.15, 0.2) is 76.6 Å². The SMILES string of the molecule is C#C/C=C(\C=C(/C)N[C@H](C)C(Oc1cc(C2=C(C)CCC=C2C)ncn1)c1ccc(C(C)(C)C)cc1)S(=O)O. The number of benzene rings is 1. The Hall–Kier alpha value is -3.47. The Labute approximate surface area is 235 Å². The monoisotopic (exact) mass is 545 g/mol. The highest BCUT2D eigenvalue weighted by Crippen LogP contribution is 2.34. The van der Waals surface area contributed by atoms with E-state index in [4.69, 9.17) is 11.2 Å². The maximum Gasteiger partial charge on any atom is 0.217 e. The zero-order chi connectivity index (χ0) is 28.7. The lowest BCUT2D eigenvalue weighted by Gasteiger charge is -2.28. The molecule has 2 N–H and O–H groups in total. The zero-order valence-electron chi connectivity index (χ0n) is 23.9. The summed E-state index contributed by atoms with van der Waals surface area (Å²) >= 11 is -2.19. The largest absolute Gasteiger partial charge is 0.467 e. The van der Waals surface area contributed by atoms with Crippen molar-refractivity contribution < 1.29 is 13.5 Å². The minimum atomic E-state index is -2.19. The number of hydrogen-bond donors (Lipinski definition) is 2. The summed E-state index contributed by atoms with van der Waals surface area (Å²) in [7, 11) is 0. The molecule has 1 aliphatic rings. The van der Waals surface area contributed by atoms with E-state index in [2.05, 4.69) is 86.2 Å². The van der Waals surface area contributed by atoms with Crippen LogP contribution in [0.5, 0.6) is 5.88 Å². The molecule has 206 valence electrons. The van der Waals surface area contributed by atoms with Gasteiger partial charge in [-0.2, -0.15) is 0 Å². The molecule has 0 spiro atoms. The number of rotatable bonds is 9. The van der Waals surface area contributed by atoms with Crippen LogP contribution in [-0.4, -0.2) is 24.8 Å². The van der Waals surface area contributed by atoms with Crippen molar-refractivity contribution in [2.75, 3.05) is 0 Å². The van der Waals surface area contributed by atoms with Gasteiger partial charge in [-0.1, -0.05) is 62.6 Å². The molecular weight excluding hydrogens is 506 g/mol. The van der Waals surface area contributed by atoms with E-state index in [0.717, 1.165) is 29.7 Å². The predicted octanol–water partition coefficient (Wildman–Crippen LogP) is 7.03. The van der Waals surface area contributed by atoms with Gasteiger partial charge in [-0.25, -0.2) is 14.2 Å². The smallest absolute Gasteiger partial charge is 0.217 e. The normalized spacial score (nSPS) is 17.2. The van der Waals surface area contributed by atoms with Gasteiger partial charge < -0.3 is 14.6 Å². The van der Waals surface area contributed by atoms with Crippen molar-refractivity contribution in [3.8, 4) is 18.2 Å². The first-order chi connectivity index (χ1) is 18.4. The number of terminal acetylenes is 1. The van der Waals surface area contributed by atoms with Crippen LogP contribution in [0, 0.1) is 12.3 Å². The first kappa shape index (κ1) is 30.1. The standard InChI is InChI=1S/C32H39N3O3S/c1-9-11-27(39(36)37)18-23(4)35-24(5)31(25-14-16-26(17-15-25)32(6,7)8)38-29-19-28(33-20-34-29)30-21(2)12-10-13-22(30)3/h1,11-12,14-20,24,31,35H,10,13H2,2-8H3,(H,36,37)/b23-18+,27-11+/t24-,31?/m1/s1. The molecule has 2 unspecified atom stereocenters. The fourth-order valence-electron chi connectivity index (χ4n) is 4.71. The van der Waals surface area contributed by atoms with Crippen molar-refractivity contribution in [3.05, 3.63) is 93.5 Å². The second kappa shape index (κ2) is 13.1. The minimum absolute atomic E-state index is 0.0241. The Morgan fingerprint density at radius 2 is 1.92 bits per heavy atom. The summed E-state index contributed by atoms with van der Waals surface area (Å²) in [5.74, 6) is 2.79. The maximum absolute atomic E-state index is 11.7. The molecule has 6 nitrogen and oxygen atoms in total. The van der Waals surface area contributed by atoms with Crippen molar-refractivity contribution in [1.29, 1.82) is 0 Å². The molecule has 0 aliphatic heterocycles. The Bertz CT molecular complexity index is 1370. The lowest BCUT2D eigenvalue weighted by atomic mass is 9.86. The highest BCUT2D eigenvalue weighted by atomic mass is 32.2. The molecule has 0 amide bonds. The molecule has 1 heterocycles. The highest BCUT2D eigenvalue weighted by molar-refractivity contribution is 7.83. The number of hydrogen-bond acceptors (Lipinski definition) is 5. The highest BCUT2D eigenvalue weighted by Gasteiger charge is 2.24. The third-order valence-electron chi connectivity index (χ3n) is 6.74. The van der Waals surface area contributed by atoms with Gasteiger partial charge in [0.25, 0.3) is 0 Å². The molecule has 1 aromatic heterocycles. The van der Waals surface area contributed by atoms with E-state index < -0.39 is 17.2 Å². The van der Waals surface area contributed by atoms with Gasteiger partial charge in [0.15, 0.2) is 11.1 Å². The van der Waals surface area contributed by atoms with Crippen LogP contribution < -0.4 is 10.1 Å². The topological polar surface area (TPSA) is 84.3 Å². The van der Waals surface area contributed by atoms with Gasteiger partial charge in [-0.05, 0) is 68.7 Å². The molecule has 39 heavy (non-hydrogen) atoms. The fraction of sp³-hybridized carbons (Fsp3) is 0.375. The molecule has 3 atom stereocenters. The Morgan fingerprint density at radius 1 is 1.23 bits per heavy atom. The second-order valence-electron chi connectivity index (χ2n) is 11.0. The van der Waals surface area contributed by atoms with E-state index in [9.17, 15) is 8.76 Å². The third kappa shape index (κ3) is 8.01. The average Bonchev–Trinajstić information content (AvgIpc) is 2.86. The molecule has 1 aromatic carbocycles. The summed E-state index contributed by atoms with van der Waals surface area (Å²) in [5, 5.41) is 3.40. The van der Waals surface area contributed by atoms with E-state index in [-0.39, 0.29) is 16.4 Å². The average molecular weight is 546 g/mol. The van der Waals surface area contributed by atoms with Gasteiger partial charge in [0.05, 0.1) is 16.6 Å². The number of aromatic nitrogens is 2. The van der Waals surface area contributed by atoms with Crippen LogP contribution in [-0.2, 0) is 16.5 Å². The molecule has 7 heteroatoms. The van der Waals surface area contributed by atoms with Gasteiger partial charge >= 0.3 is 0 Å². The molecule has 0 bridgehead atoms. The van der Waals surface area contributed by atoms with Crippen molar-refractivity contribution in [2.45, 2.75) is 78.9 Å². The van der Waals surface area contributed by atoms with Crippen molar-refractivity contribution in [2.24, 2.45) is 0 Å². The summed E-state index contributed by atoms with van der Waals surface area (Å²) in [6, 6.07) is 10.1. The summed E-state index contributed by atoms with van der Waals surface area (Å²) in [5.41, 5.74) is 7.42. The molecule has 2 aromatic rings. The zero-order valence-corrected chi connectivity index (χ0v) is 24.7. The van der Waals surface area contributed by atoms with Gasteiger partial charge in [-0.15, -0.1) is 6.42 Å². The minimum Gasteiger partial charge on any atom is -0.467 e. The molecule has 0 fully saturated rings. The van der Waals surface area contributed by atoms with Gasteiger partial charge in [0.1, 0.15) is 12.4 Å². The fourth-order valence-corrected chi connectivity index (χ4v) is 5.15. The first-order valence-corrected chi connectivity index (χ1v) is 14.2. The van der Waals surface area contributed by atoms with E-state index >= 15 is 0 Å². The van der Waals surface area contributed by atoms with E-state index in [0.29, 0.717) is 11.6 Å². The van der Waals surface area contributed by atoms with Crippen LogP contribution in [0.3, 0.4) is 0 Å². The van der Waals surface area contributed by atoms with Crippen LogP contribution in [0.1, 0.15) is 84.2 Å². The Kier molecular flexibility index (Phi) is 10.1. The first-order valence-electron chi connectivity index (χ1n) is 13.1. The third-order valence-corrected chi connectivity index (χ3v) is 7.38. The van der Waals surface area contributed by atoms with E-state index in [1.54, 1.807) is 12.4 Å². The number of nitrogens with one attached hydrogen (secondary N) is 1. The summed E-state index contributed by atoms with van der Waals surface area (Å²) < 4.78 is 27.8. The molecule has 0 radical (unpaired) electrons. The number of ether oxygens (including phenoxy) is 1. The van der Waals surface area contributed by atoms with Gasteiger partial charge in [0, 0.05) is 23.4 Å². The Balaban J connectivity index is 1.97. The molecular formula is C32H39N3O3S. The molecule has 0 saturated carbocycles. The van der Waals surface area contributed by atoms with Crippen molar-refractivity contribution >= 4 is 16.7 Å². The molecule has 1 aliphatic carbocycles. The van der Waals surface area contributed by atoms with E-state index in [1.165, 1.54) is 22.8 Å². The quantitative estimate of drug-likeness (QED) is 0.200. The molecule has 3 rings (SSSR count). The van der Waals surface area contributed by atoms with Gasteiger partial charge in [0.2, 0.25) is 5.88 Å². The Morgan fingerprint density at radius 3 is 2.51 bits per heavy atom. The van der Waals surface area contributed by atoms with Crippen LogP contribution in [0.4, 0.5) is 0 Å². The van der Waals surface area contributed by atoms with Crippen LogP contribution >= 0.6 is 0 Å². The van der Waals surface area contributed by atoms with Gasteiger partial charge in [-0.3, -0.25) is 0 Å². The lowest BCUT2D eigenvalue weighted by molar-refractivity contribution is 0.160. The van der Waals surface area contributed by atoms with E-state index in [1.807, 2.05) is 19.9 Å². The second-order valence-corrected chi connectivity index (χ2v) is 11.9. The number of nitrogens with zero attached hydrogens (tertiary/aromatic N) is 2.